The van der Waals surface area contributed by atoms with E-state index in [1.165, 1.54) is 16.2 Å². The lowest BCUT2D eigenvalue weighted by molar-refractivity contribution is 0.182. The van der Waals surface area contributed by atoms with Gasteiger partial charge in [0.1, 0.15) is 0 Å². The molecular formula is C14H14BrNOS2. The second-order valence-electron chi connectivity index (χ2n) is 4.63. The Morgan fingerprint density at radius 3 is 3.05 bits per heavy atom. The summed E-state index contributed by atoms with van der Waals surface area (Å²) < 4.78 is 0.957. The third kappa shape index (κ3) is 3.21. The van der Waals surface area contributed by atoms with Crippen LogP contribution in [0, 0.1) is 0 Å². The summed E-state index contributed by atoms with van der Waals surface area (Å²) in [5.74, 6) is 2.30. The maximum atomic E-state index is 10.4. The molecule has 19 heavy (non-hydrogen) atoms. The molecule has 1 aliphatic rings. The van der Waals surface area contributed by atoms with Gasteiger partial charge in [-0.2, -0.15) is 11.8 Å². The second-order valence-corrected chi connectivity index (χ2v) is 7.82. The van der Waals surface area contributed by atoms with Gasteiger partial charge < -0.3 is 5.11 Å². The molecule has 0 saturated heterocycles. The minimum Gasteiger partial charge on any atom is -0.387 e. The summed E-state index contributed by atoms with van der Waals surface area (Å²) in [6, 6.07) is 4.20. The van der Waals surface area contributed by atoms with Gasteiger partial charge in [-0.05, 0) is 51.4 Å². The lowest BCUT2D eigenvalue weighted by Gasteiger charge is -2.08. The van der Waals surface area contributed by atoms with Crippen molar-refractivity contribution in [1.29, 1.82) is 0 Å². The maximum absolute atomic E-state index is 10.4. The summed E-state index contributed by atoms with van der Waals surface area (Å²) in [5.41, 5.74) is 2.48. The molecule has 0 aromatic carbocycles. The average molecular weight is 356 g/mol. The van der Waals surface area contributed by atoms with Crippen molar-refractivity contribution in [2.24, 2.45) is 0 Å². The Morgan fingerprint density at radius 1 is 1.37 bits per heavy atom. The van der Waals surface area contributed by atoms with Crippen molar-refractivity contribution in [2.45, 2.75) is 24.7 Å². The zero-order valence-electron chi connectivity index (χ0n) is 10.3. The second kappa shape index (κ2) is 5.95. The topological polar surface area (TPSA) is 33.1 Å². The van der Waals surface area contributed by atoms with Crippen molar-refractivity contribution in [3.05, 3.63) is 49.9 Å². The highest BCUT2D eigenvalue weighted by Crippen LogP contribution is 2.35. The first kappa shape index (κ1) is 13.6. The van der Waals surface area contributed by atoms with Crippen LogP contribution >= 0.6 is 39.0 Å². The lowest BCUT2D eigenvalue weighted by atomic mass is 10.1. The van der Waals surface area contributed by atoms with Crippen LogP contribution in [0.1, 0.15) is 27.0 Å². The number of aliphatic hydroxyl groups excluding tert-OH is 1. The first-order valence-corrected chi connectivity index (χ1v) is 8.95. The molecule has 1 unspecified atom stereocenters. The molecule has 2 aromatic rings. The molecule has 0 saturated carbocycles. The molecule has 1 aliphatic heterocycles. The van der Waals surface area contributed by atoms with Crippen LogP contribution in [0.15, 0.2) is 29.0 Å². The van der Waals surface area contributed by atoms with Gasteiger partial charge in [-0.1, -0.05) is 0 Å². The van der Waals surface area contributed by atoms with E-state index in [2.05, 4.69) is 27.0 Å². The normalized spacial score (nSPS) is 16.1. The van der Waals surface area contributed by atoms with Crippen molar-refractivity contribution in [2.75, 3.05) is 5.75 Å². The molecule has 1 N–H and O–H groups in total. The fourth-order valence-corrected chi connectivity index (χ4v) is 5.00. The summed E-state index contributed by atoms with van der Waals surface area (Å²) >= 11 is 7.16. The van der Waals surface area contributed by atoms with Gasteiger partial charge in [0, 0.05) is 38.8 Å². The third-order valence-corrected chi connectivity index (χ3v) is 5.95. The number of halogens is 1. The van der Waals surface area contributed by atoms with E-state index in [9.17, 15) is 5.11 Å². The van der Waals surface area contributed by atoms with Crippen LogP contribution in [-0.2, 0) is 18.6 Å². The highest BCUT2D eigenvalue weighted by atomic mass is 79.9. The van der Waals surface area contributed by atoms with Gasteiger partial charge in [0.05, 0.1) is 6.10 Å². The van der Waals surface area contributed by atoms with Gasteiger partial charge in [-0.25, -0.2) is 0 Å². The Bertz CT molecular complexity index is 561. The van der Waals surface area contributed by atoms with Crippen LogP contribution in [0.5, 0.6) is 0 Å². The highest BCUT2D eigenvalue weighted by Gasteiger charge is 2.18. The van der Waals surface area contributed by atoms with Gasteiger partial charge in [-0.3, -0.25) is 4.98 Å². The number of hydrogen-bond donors (Lipinski definition) is 1. The SMILES string of the molecule is OC(Cc1cncc(Br)c1)c1cc2c(s1)CCSC2. The first-order chi connectivity index (χ1) is 9.22. The smallest absolute Gasteiger partial charge is 0.0922 e. The van der Waals surface area contributed by atoms with E-state index in [1.54, 1.807) is 17.5 Å². The summed E-state index contributed by atoms with van der Waals surface area (Å²) in [6.07, 6.45) is 4.93. The van der Waals surface area contributed by atoms with E-state index in [-0.39, 0.29) is 0 Å². The van der Waals surface area contributed by atoms with E-state index in [4.69, 9.17) is 0 Å². The Balaban J connectivity index is 1.76. The van der Waals surface area contributed by atoms with Crippen LogP contribution in [0.3, 0.4) is 0 Å². The molecule has 0 aliphatic carbocycles. The molecule has 0 radical (unpaired) electrons. The number of aryl methyl sites for hydroxylation is 1. The number of rotatable bonds is 3. The monoisotopic (exact) mass is 355 g/mol. The minimum absolute atomic E-state index is 0.420. The standard InChI is InChI=1S/C14H14BrNOS2/c15-11-3-9(6-16-7-11)4-12(17)14-5-10-8-18-2-1-13(10)19-14/h3,5-7,12,17H,1-2,4,8H2. The first-order valence-electron chi connectivity index (χ1n) is 6.19. The van der Waals surface area contributed by atoms with Crippen LogP contribution in [-0.4, -0.2) is 15.8 Å². The number of aliphatic hydroxyl groups is 1. The van der Waals surface area contributed by atoms with Crippen molar-refractivity contribution < 1.29 is 5.11 Å². The van der Waals surface area contributed by atoms with E-state index in [0.29, 0.717) is 6.42 Å². The van der Waals surface area contributed by atoms with Crippen molar-refractivity contribution >= 4 is 39.0 Å². The zero-order chi connectivity index (χ0) is 13.2. The Morgan fingerprint density at radius 2 is 2.26 bits per heavy atom. The van der Waals surface area contributed by atoms with Gasteiger partial charge in [0.25, 0.3) is 0 Å². The molecule has 0 bridgehead atoms. The third-order valence-electron chi connectivity index (χ3n) is 3.17. The molecule has 1 atom stereocenters. The quantitative estimate of drug-likeness (QED) is 0.903. The molecule has 5 heteroatoms. The number of thiophene rings is 1. The molecule has 2 aromatic heterocycles. The van der Waals surface area contributed by atoms with Gasteiger partial charge in [0.2, 0.25) is 0 Å². The summed E-state index contributed by atoms with van der Waals surface area (Å²) in [6.45, 7) is 0. The lowest BCUT2D eigenvalue weighted by Crippen LogP contribution is -2.00. The van der Waals surface area contributed by atoms with E-state index in [1.807, 2.05) is 24.0 Å². The van der Waals surface area contributed by atoms with Gasteiger partial charge in [-0.15, -0.1) is 11.3 Å². The van der Waals surface area contributed by atoms with Crippen molar-refractivity contribution in [3.63, 3.8) is 0 Å². The number of hydrogen-bond acceptors (Lipinski definition) is 4. The summed E-state index contributed by atoms with van der Waals surface area (Å²) in [7, 11) is 0. The van der Waals surface area contributed by atoms with Crippen molar-refractivity contribution in [3.8, 4) is 0 Å². The average Bonchev–Trinajstić information content (AvgIpc) is 2.82. The zero-order valence-corrected chi connectivity index (χ0v) is 13.5. The van der Waals surface area contributed by atoms with Crippen LogP contribution < -0.4 is 0 Å². The highest BCUT2D eigenvalue weighted by molar-refractivity contribution is 9.10. The van der Waals surface area contributed by atoms with E-state index < -0.39 is 6.10 Å². The molecular weight excluding hydrogens is 342 g/mol. The molecule has 0 spiro atoms. The van der Waals surface area contributed by atoms with Crippen LogP contribution in [0.4, 0.5) is 0 Å². The van der Waals surface area contributed by atoms with Crippen LogP contribution in [0.2, 0.25) is 0 Å². The Kier molecular flexibility index (Phi) is 4.27. The molecule has 100 valence electrons. The van der Waals surface area contributed by atoms with E-state index >= 15 is 0 Å². The Hall–Kier alpha value is -0.360. The van der Waals surface area contributed by atoms with Gasteiger partial charge >= 0.3 is 0 Å². The fraction of sp³-hybridized carbons (Fsp3) is 0.357. The molecule has 2 nitrogen and oxygen atoms in total. The molecule has 3 heterocycles. The minimum atomic E-state index is -0.420. The number of nitrogens with zero attached hydrogens (tertiary/aromatic N) is 1. The van der Waals surface area contributed by atoms with Crippen LogP contribution in [0.25, 0.3) is 0 Å². The van der Waals surface area contributed by atoms with Crippen molar-refractivity contribution in [1.82, 2.24) is 4.98 Å². The fourth-order valence-electron chi connectivity index (χ4n) is 2.23. The summed E-state index contributed by atoms with van der Waals surface area (Å²) in [5, 5.41) is 10.4. The van der Waals surface area contributed by atoms with Gasteiger partial charge in [0.15, 0.2) is 0 Å². The largest absolute Gasteiger partial charge is 0.387 e. The molecule has 0 fully saturated rings. The number of fused-ring (bicyclic) bond motifs is 1. The predicted molar refractivity (Wildman–Crippen MR) is 84.8 cm³/mol. The molecule has 0 amide bonds. The van der Waals surface area contributed by atoms with E-state index in [0.717, 1.165) is 27.1 Å². The number of pyridine rings is 1. The summed E-state index contributed by atoms with van der Waals surface area (Å²) in [4.78, 5) is 6.69. The number of thioether (sulfide) groups is 1. The molecule has 3 rings (SSSR count). The predicted octanol–water partition coefficient (Wildman–Crippen LogP) is 3.97. The maximum Gasteiger partial charge on any atom is 0.0922 e. The number of aromatic nitrogens is 1. The Labute approximate surface area is 129 Å².